The standard InChI is InChI=1S/C23H25N3O2/c27-22(28)20-14-18-17-8-4-5-9-19(17)24-21(18)23(25-20)10-12-26(13-11-23)15-16-6-2-1-3-7-16/h1-9,20,24-25H,10-15H2,(H,27,28)/t20-/m1/s1. The van der Waals surface area contributed by atoms with Gasteiger partial charge in [-0.05, 0) is 30.0 Å². The van der Waals surface area contributed by atoms with Crippen LogP contribution in [0.4, 0.5) is 0 Å². The highest BCUT2D eigenvalue weighted by molar-refractivity contribution is 5.87. The van der Waals surface area contributed by atoms with Crippen molar-refractivity contribution in [3.63, 3.8) is 0 Å². The van der Waals surface area contributed by atoms with E-state index in [1.54, 1.807) is 0 Å². The predicted octanol–water partition coefficient (Wildman–Crippen LogP) is 3.26. The molecule has 3 N–H and O–H groups in total. The van der Waals surface area contributed by atoms with Crippen LogP contribution in [-0.2, 0) is 23.3 Å². The smallest absolute Gasteiger partial charge is 0.321 e. The monoisotopic (exact) mass is 375 g/mol. The molecule has 5 rings (SSSR count). The van der Waals surface area contributed by atoms with Crippen molar-refractivity contribution in [1.29, 1.82) is 0 Å². The Balaban J connectivity index is 1.45. The number of piperidine rings is 1. The number of benzene rings is 2. The Morgan fingerprint density at radius 2 is 1.79 bits per heavy atom. The maximum Gasteiger partial charge on any atom is 0.321 e. The topological polar surface area (TPSA) is 68.4 Å². The summed E-state index contributed by atoms with van der Waals surface area (Å²) >= 11 is 0. The average Bonchev–Trinajstić information content (AvgIpc) is 3.10. The van der Waals surface area contributed by atoms with Gasteiger partial charge in [0.1, 0.15) is 6.04 Å². The first-order chi connectivity index (χ1) is 13.6. The molecule has 144 valence electrons. The van der Waals surface area contributed by atoms with Gasteiger partial charge < -0.3 is 10.1 Å². The van der Waals surface area contributed by atoms with E-state index in [0.717, 1.165) is 43.4 Å². The summed E-state index contributed by atoms with van der Waals surface area (Å²) in [6.45, 7) is 2.84. The Labute approximate surface area is 164 Å². The second kappa shape index (κ2) is 6.76. The number of nitrogens with one attached hydrogen (secondary N) is 2. The molecule has 0 bridgehead atoms. The maximum atomic E-state index is 11.9. The lowest BCUT2D eigenvalue weighted by molar-refractivity contribution is -0.140. The highest BCUT2D eigenvalue weighted by Crippen LogP contribution is 2.41. The summed E-state index contributed by atoms with van der Waals surface area (Å²) in [5.41, 5.74) is 4.52. The number of aromatic nitrogens is 1. The van der Waals surface area contributed by atoms with Gasteiger partial charge in [0.05, 0.1) is 5.54 Å². The van der Waals surface area contributed by atoms with Gasteiger partial charge in [0.15, 0.2) is 0 Å². The van der Waals surface area contributed by atoms with Crippen LogP contribution in [0.2, 0.25) is 0 Å². The molecule has 1 atom stereocenters. The van der Waals surface area contributed by atoms with Crippen LogP contribution in [0.5, 0.6) is 0 Å². The van der Waals surface area contributed by atoms with E-state index < -0.39 is 12.0 Å². The fourth-order valence-electron chi connectivity index (χ4n) is 4.96. The van der Waals surface area contributed by atoms with Gasteiger partial charge in [-0.15, -0.1) is 0 Å². The lowest BCUT2D eigenvalue weighted by atomic mass is 9.77. The number of aromatic amines is 1. The van der Waals surface area contributed by atoms with Gasteiger partial charge in [-0.1, -0.05) is 48.5 Å². The third-order valence-electron chi connectivity index (χ3n) is 6.41. The molecule has 28 heavy (non-hydrogen) atoms. The average molecular weight is 375 g/mol. The van der Waals surface area contributed by atoms with Crippen LogP contribution in [0.15, 0.2) is 54.6 Å². The minimum absolute atomic E-state index is 0.289. The number of hydrogen-bond acceptors (Lipinski definition) is 3. The molecule has 2 aromatic carbocycles. The van der Waals surface area contributed by atoms with Gasteiger partial charge in [-0.2, -0.15) is 0 Å². The van der Waals surface area contributed by atoms with Crippen LogP contribution in [0.1, 0.15) is 29.7 Å². The fraction of sp³-hybridized carbons (Fsp3) is 0.348. The van der Waals surface area contributed by atoms with Gasteiger partial charge in [0.25, 0.3) is 0 Å². The van der Waals surface area contributed by atoms with Crippen molar-refractivity contribution in [1.82, 2.24) is 15.2 Å². The molecule has 1 spiro atoms. The molecule has 3 aromatic rings. The highest BCUT2D eigenvalue weighted by atomic mass is 16.4. The molecule has 0 aliphatic carbocycles. The lowest BCUT2D eigenvalue weighted by Gasteiger charge is -2.46. The molecule has 5 heteroatoms. The molecule has 2 aliphatic heterocycles. The van der Waals surface area contributed by atoms with Gasteiger partial charge >= 0.3 is 5.97 Å². The number of rotatable bonds is 3. The maximum absolute atomic E-state index is 11.9. The summed E-state index contributed by atoms with van der Waals surface area (Å²) in [5, 5.41) is 14.4. The molecule has 0 radical (unpaired) electrons. The minimum Gasteiger partial charge on any atom is -0.480 e. The zero-order valence-corrected chi connectivity index (χ0v) is 15.8. The summed E-state index contributed by atoms with van der Waals surface area (Å²) in [6.07, 6.45) is 2.34. The summed E-state index contributed by atoms with van der Waals surface area (Å²) in [4.78, 5) is 18.0. The first-order valence-corrected chi connectivity index (χ1v) is 10.0. The van der Waals surface area contributed by atoms with Crippen molar-refractivity contribution in [2.24, 2.45) is 0 Å². The second-order valence-corrected chi connectivity index (χ2v) is 8.11. The second-order valence-electron chi connectivity index (χ2n) is 8.11. The molecule has 5 nitrogen and oxygen atoms in total. The van der Waals surface area contributed by atoms with E-state index in [-0.39, 0.29) is 5.54 Å². The Bertz CT molecular complexity index is 1000. The van der Waals surface area contributed by atoms with Gasteiger partial charge in [-0.25, -0.2) is 0 Å². The number of carboxylic acid groups (broad SMARTS) is 1. The third-order valence-corrected chi connectivity index (χ3v) is 6.41. The first-order valence-electron chi connectivity index (χ1n) is 10.0. The molecule has 1 aromatic heterocycles. The third kappa shape index (κ3) is 2.91. The van der Waals surface area contributed by atoms with E-state index >= 15 is 0 Å². The van der Waals surface area contributed by atoms with Crippen LogP contribution in [0.3, 0.4) is 0 Å². The van der Waals surface area contributed by atoms with E-state index in [0.29, 0.717) is 6.42 Å². The number of carbonyl (C=O) groups is 1. The Morgan fingerprint density at radius 1 is 1.07 bits per heavy atom. The van der Waals surface area contributed by atoms with Crippen LogP contribution in [0.25, 0.3) is 10.9 Å². The van der Waals surface area contributed by atoms with Crippen molar-refractivity contribution in [3.8, 4) is 0 Å². The molecule has 2 aliphatic rings. The summed E-state index contributed by atoms with van der Waals surface area (Å²) in [6, 6.07) is 18.3. The molecule has 0 amide bonds. The Morgan fingerprint density at radius 3 is 2.54 bits per heavy atom. The molecular weight excluding hydrogens is 350 g/mol. The van der Waals surface area contributed by atoms with E-state index in [2.05, 4.69) is 51.6 Å². The quantitative estimate of drug-likeness (QED) is 0.657. The van der Waals surface area contributed by atoms with Gasteiger partial charge in [0, 0.05) is 42.7 Å². The summed E-state index contributed by atoms with van der Waals surface area (Å²) in [7, 11) is 0. The molecule has 1 fully saturated rings. The number of fused-ring (bicyclic) bond motifs is 4. The number of H-pyrrole nitrogens is 1. The largest absolute Gasteiger partial charge is 0.480 e. The van der Waals surface area contributed by atoms with Crippen molar-refractivity contribution < 1.29 is 9.90 Å². The van der Waals surface area contributed by atoms with Crippen molar-refractivity contribution in [2.75, 3.05) is 13.1 Å². The molecule has 1 saturated heterocycles. The Kier molecular flexibility index (Phi) is 4.22. The van der Waals surface area contributed by atoms with Crippen LogP contribution in [-0.4, -0.2) is 40.1 Å². The van der Waals surface area contributed by atoms with Crippen LogP contribution in [0, 0.1) is 0 Å². The van der Waals surface area contributed by atoms with Crippen molar-refractivity contribution in [3.05, 3.63) is 71.4 Å². The number of aliphatic carboxylic acids is 1. The van der Waals surface area contributed by atoms with Crippen LogP contribution >= 0.6 is 0 Å². The summed E-state index contributed by atoms with van der Waals surface area (Å²) in [5.74, 6) is -0.762. The van der Waals surface area contributed by atoms with Crippen molar-refractivity contribution in [2.45, 2.75) is 37.4 Å². The molecule has 3 heterocycles. The highest BCUT2D eigenvalue weighted by Gasteiger charge is 2.45. The number of para-hydroxylation sites is 1. The molecule has 0 saturated carbocycles. The fourth-order valence-corrected chi connectivity index (χ4v) is 4.96. The van der Waals surface area contributed by atoms with Gasteiger partial charge in [-0.3, -0.25) is 15.0 Å². The minimum atomic E-state index is -0.762. The van der Waals surface area contributed by atoms with E-state index in [9.17, 15) is 9.90 Å². The number of hydrogen-bond donors (Lipinski definition) is 3. The van der Waals surface area contributed by atoms with E-state index in [4.69, 9.17) is 0 Å². The zero-order valence-electron chi connectivity index (χ0n) is 15.8. The van der Waals surface area contributed by atoms with Gasteiger partial charge in [0.2, 0.25) is 0 Å². The lowest BCUT2D eigenvalue weighted by Crippen LogP contribution is -2.59. The SMILES string of the molecule is O=C(O)[C@H]1Cc2c([nH]c3ccccc23)C2(CCN(Cc3ccccc3)CC2)N1. The van der Waals surface area contributed by atoms with Crippen molar-refractivity contribution >= 4 is 16.9 Å². The van der Waals surface area contributed by atoms with E-state index in [1.165, 1.54) is 16.8 Å². The van der Waals surface area contributed by atoms with E-state index in [1.807, 2.05) is 18.2 Å². The number of carboxylic acids is 1. The zero-order chi connectivity index (χ0) is 19.1. The number of nitrogens with zero attached hydrogens (tertiary/aromatic N) is 1. The number of likely N-dealkylation sites (tertiary alicyclic amines) is 1. The molecule has 0 unspecified atom stereocenters. The van der Waals surface area contributed by atoms with Crippen LogP contribution < -0.4 is 5.32 Å². The Hall–Kier alpha value is -2.63. The normalized spacial score (nSPS) is 21.6. The first kappa shape index (κ1) is 17.5. The predicted molar refractivity (Wildman–Crippen MR) is 109 cm³/mol. The summed E-state index contributed by atoms with van der Waals surface area (Å²) < 4.78 is 0. The molecular formula is C23H25N3O2.